The fourth-order valence-corrected chi connectivity index (χ4v) is 4.78. The summed E-state index contributed by atoms with van der Waals surface area (Å²) in [5.74, 6) is 1.44. The van der Waals surface area contributed by atoms with Crippen LogP contribution in [0.15, 0.2) is 41.1 Å². The van der Waals surface area contributed by atoms with Gasteiger partial charge in [-0.2, -0.15) is 0 Å². The van der Waals surface area contributed by atoms with Gasteiger partial charge in [-0.3, -0.25) is 4.79 Å². The molecule has 154 valence electrons. The summed E-state index contributed by atoms with van der Waals surface area (Å²) in [7, 11) is 3.59. The third-order valence-corrected chi connectivity index (χ3v) is 6.23. The molecule has 2 aliphatic rings. The van der Waals surface area contributed by atoms with Gasteiger partial charge in [0.2, 0.25) is 5.91 Å². The van der Waals surface area contributed by atoms with E-state index < -0.39 is 0 Å². The van der Waals surface area contributed by atoms with Gasteiger partial charge in [0.1, 0.15) is 5.76 Å². The molecular formula is C22H28N4O3. The van der Waals surface area contributed by atoms with Crippen molar-refractivity contribution in [1.29, 1.82) is 0 Å². The van der Waals surface area contributed by atoms with E-state index in [0.29, 0.717) is 38.4 Å². The first-order valence-electron chi connectivity index (χ1n) is 10.2. The molecule has 0 bridgehead atoms. The number of hydrogen-bond acceptors (Lipinski definition) is 4. The molecule has 2 aliphatic heterocycles. The van der Waals surface area contributed by atoms with Gasteiger partial charge in [0.25, 0.3) is 0 Å². The summed E-state index contributed by atoms with van der Waals surface area (Å²) in [5.41, 5.74) is 2.37. The van der Waals surface area contributed by atoms with E-state index >= 15 is 0 Å². The van der Waals surface area contributed by atoms with Crippen molar-refractivity contribution in [2.45, 2.75) is 25.8 Å². The second-order valence-corrected chi connectivity index (χ2v) is 8.33. The molecule has 3 heterocycles. The van der Waals surface area contributed by atoms with Crippen LogP contribution in [0.4, 0.5) is 4.79 Å². The van der Waals surface area contributed by atoms with E-state index in [9.17, 15) is 9.59 Å². The topological polar surface area (TPSA) is 69.9 Å². The van der Waals surface area contributed by atoms with Gasteiger partial charge in [0.15, 0.2) is 0 Å². The smallest absolute Gasteiger partial charge is 0.320 e. The van der Waals surface area contributed by atoms with Gasteiger partial charge in [-0.15, -0.1) is 0 Å². The second-order valence-electron chi connectivity index (χ2n) is 8.33. The summed E-state index contributed by atoms with van der Waals surface area (Å²) in [6.07, 6.45) is 2.59. The number of benzene rings is 1. The summed E-state index contributed by atoms with van der Waals surface area (Å²) in [4.78, 5) is 31.3. The van der Waals surface area contributed by atoms with E-state index in [2.05, 4.69) is 24.2 Å². The molecule has 0 aliphatic carbocycles. The Morgan fingerprint density at radius 1 is 1.17 bits per heavy atom. The van der Waals surface area contributed by atoms with Crippen molar-refractivity contribution in [3.63, 3.8) is 0 Å². The van der Waals surface area contributed by atoms with Crippen LogP contribution in [-0.2, 0) is 11.2 Å². The van der Waals surface area contributed by atoms with E-state index in [1.165, 1.54) is 11.1 Å². The lowest BCUT2D eigenvalue weighted by atomic mass is 9.88. The van der Waals surface area contributed by atoms with Gasteiger partial charge in [0.05, 0.1) is 12.2 Å². The number of rotatable bonds is 4. The van der Waals surface area contributed by atoms with Crippen LogP contribution in [0, 0.1) is 18.8 Å². The van der Waals surface area contributed by atoms with Gasteiger partial charge in [-0.1, -0.05) is 29.4 Å². The molecular weight excluding hydrogens is 368 g/mol. The van der Waals surface area contributed by atoms with Crippen molar-refractivity contribution in [3.05, 3.63) is 53.4 Å². The molecule has 7 heteroatoms. The zero-order valence-corrected chi connectivity index (χ0v) is 17.2. The van der Waals surface area contributed by atoms with Gasteiger partial charge >= 0.3 is 6.03 Å². The molecule has 3 atom stereocenters. The minimum atomic E-state index is 0.00294. The number of fused-ring (bicyclic) bond motifs is 1. The third kappa shape index (κ3) is 3.73. The molecule has 1 aromatic carbocycles. The predicted molar refractivity (Wildman–Crippen MR) is 108 cm³/mol. The number of likely N-dealkylation sites (tertiary alicyclic amines) is 2. The summed E-state index contributed by atoms with van der Waals surface area (Å²) in [6.45, 7) is 4.18. The summed E-state index contributed by atoms with van der Waals surface area (Å²) >= 11 is 0. The zero-order valence-electron chi connectivity index (χ0n) is 17.2. The van der Waals surface area contributed by atoms with Crippen LogP contribution in [-0.4, -0.2) is 65.5 Å². The maximum atomic E-state index is 12.9. The maximum Gasteiger partial charge on any atom is 0.320 e. The Hall–Kier alpha value is -2.83. The third-order valence-electron chi connectivity index (χ3n) is 6.23. The van der Waals surface area contributed by atoms with Crippen molar-refractivity contribution < 1.29 is 14.1 Å². The highest BCUT2D eigenvalue weighted by Gasteiger charge is 2.50. The average molecular weight is 396 g/mol. The van der Waals surface area contributed by atoms with E-state index in [0.717, 1.165) is 5.76 Å². The fourth-order valence-electron chi connectivity index (χ4n) is 4.78. The molecule has 0 radical (unpaired) electrons. The molecule has 0 spiro atoms. The summed E-state index contributed by atoms with van der Waals surface area (Å²) < 4.78 is 5.10. The normalized spacial score (nSPS) is 23.3. The molecule has 29 heavy (non-hydrogen) atoms. The highest BCUT2D eigenvalue weighted by atomic mass is 16.5. The lowest BCUT2D eigenvalue weighted by Gasteiger charge is -2.32. The summed E-state index contributed by atoms with van der Waals surface area (Å²) in [6, 6.07) is 10.1. The largest absolute Gasteiger partial charge is 0.361 e. The number of aromatic nitrogens is 1. The number of amides is 3. The van der Waals surface area contributed by atoms with Crippen LogP contribution in [0.5, 0.6) is 0 Å². The number of carbonyl (C=O) groups is 2. The van der Waals surface area contributed by atoms with Crippen molar-refractivity contribution in [2.24, 2.45) is 11.8 Å². The Balaban J connectivity index is 1.52. The van der Waals surface area contributed by atoms with Crippen molar-refractivity contribution in [1.82, 2.24) is 19.9 Å². The minimum Gasteiger partial charge on any atom is -0.361 e. The Morgan fingerprint density at radius 3 is 2.66 bits per heavy atom. The fraction of sp³-hybridized carbons (Fsp3) is 0.500. The summed E-state index contributed by atoms with van der Waals surface area (Å²) in [5, 5.41) is 3.69. The molecule has 0 unspecified atom stereocenters. The lowest BCUT2D eigenvalue weighted by Crippen LogP contribution is -2.42. The van der Waals surface area contributed by atoms with Crippen LogP contribution in [0.2, 0.25) is 0 Å². The zero-order chi connectivity index (χ0) is 20.5. The van der Waals surface area contributed by atoms with Crippen LogP contribution in [0.3, 0.4) is 0 Å². The Morgan fingerprint density at radius 2 is 1.97 bits per heavy atom. The molecule has 2 aromatic rings. The molecule has 7 nitrogen and oxygen atoms in total. The molecule has 3 amide bonds. The number of carbonyl (C=O) groups excluding carboxylic acids is 2. The molecule has 2 fully saturated rings. The number of nitrogens with zero attached hydrogens (tertiary/aromatic N) is 4. The van der Waals surface area contributed by atoms with E-state index in [1.54, 1.807) is 31.3 Å². The Bertz CT molecular complexity index is 880. The van der Waals surface area contributed by atoms with Crippen LogP contribution in [0.25, 0.3) is 0 Å². The number of urea groups is 1. The molecule has 0 saturated carbocycles. The quantitative estimate of drug-likeness (QED) is 0.797. The van der Waals surface area contributed by atoms with Crippen molar-refractivity contribution >= 4 is 11.9 Å². The molecule has 4 rings (SSSR count). The minimum absolute atomic E-state index is 0.00294. The van der Waals surface area contributed by atoms with Gasteiger partial charge in [0, 0.05) is 64.5 Å². The van der Waals surface area contributed by atoms with Gasteiger partial charge in [-0.05, 0) is 18.1 Å². The molecule has 0 N–H and O–H groups in total. The standard InChI is InChI=1S/C22H28N4O3/c1-15-6-4-5-7-18(15)21-19-14-25(20(27)9-8-17-10-11-23-29-17)12-16(19)13-26(21)22(28)24(2)3/h4-7,10-11,16,19,21H,8-9,12-14H2,1-3H3/t16-,19-,21+/m1/s1. The SMILES string of the molecule is Cc1ccccc1[C@H]1[C@@H]2CN(C(=O)CCc3ccno3)C[C@@H]2CN1C(=O)N(C)C. The second kappa shape index (κ2) is 7.89. The predicted octanol–water partition coefficient (Wildman–Crippen LogP) is 2.73. The van der Waals surface area contributed by atoms with Crippen LogP contribution in [0.1, 0.15) is 29.3 Å². The average Bonchev–Trinajstić information content (AvgIpc) is 3.42. The van der Waals surface area contributed by atoms with E-state index in [-0.39, 0.29) is 23.9 Å². The van der Waals surface area contributed by atoms with Crippen molar-refractivity contribution in [3.8, 4) is 0 Å². The van der Waals surface area contributed by atoms with Crippen molar-refractivity contribution in [2.75, 3.05) is 33.7 Å². The monoisotopic (exact) mass is 396 g/mol. The Labute approximate surface area is 171 Å². The number of aryl methyl sites for hydroxylation is 2. The highest BCUT2D eigenvalue weighted by Crippen LogP contribution is 2.46. The van der Waals surface area contributed by atoms with E-state index in [4.69, 9.17) is 4.52 Å². The van der Waals surface area contributed by atoms with Gasteiger partial charge in [-0.25, -0.2) is 4.79 Å². The first-order chi connectivity index (χ1) is 14.0. The first-order valence-corrected chi connectivity index (χ1v) is 10.2. The number of hydrogen-bond donors (Lipinski definition) is 0. The molecule has 2 saturated heterocycles. The van der Waals surface area contributed by atoms with Gasteiger partial charge < -0.3 is 19.2 Å². The van der Waals surface area contributed by atoms with Crippen LogP contribution >= 0.6 is 0 Å². The lowest BCUT2D eigenvalue weighted by molar-refractivity contribution is -0.130. The Kier molecular flexibility index (Phi) is 5.30. The maximum absolute atomic E-state index is 12.9. The van der Waals surface area contributed by atoms with Crippen LogP contribution < -0.4 is 0 Å². The molecule has 1 aromatic heterocycles. The van der Waals surface area contributed by atoms with E-state index in [1.807, 2.05) is 21.9 Å². The highest BCUT2D eigenvalue weighted by molar-refractivity contribution is 5.77. The first kappa shape index (κ1) is 19.5.